The number of amides is 1. The van der Waals surface area contributed by atoms with Crippen LogP contribution < -0.4 is 10.6 Å². The zero-order valence-electron chi connectivity index (χ0n) is 20.3. The van der Waals surface area contributed by atoms with Crippen molar-refractivity contribution in [2.75, 3.05) is 17.2 Å². The second-order valence-corrected chi connectivity index (χ2v) is 9.62. The lowest BCUT2D eigenvalue weighted by molar-refractivity contribution is -0.120. The summed E-state index contributed by atoms with van der Waals surface area (Å²) in [5.74, 6) is 2.39. The number of rotatable bonds is 9. The van der Waals surface area contributed by atoms with Crippen LogP contribution in [0, 0.1) is 17.8 Å². The number of aryl methyl sites for hydroxylation is 1. The zero-order valence-corrected chi connectivity index (χ0v) is 20.3. The highest BCUT2D eigenvalue weighted by Gasteiger charge is 2.40. The minimum atomic E-state index is -0.0252. The highest BCUT2D eigenvalue weighted by molar-refractivity contribution is 5.99. The van der Waals surface area contributed by atoms with Crippen LogP contribution in [0.3, 0.4) is 0 Å². The van der Waals surface area contributed by atoms with Crippen LogP contribution in [0.1, 0.15) is 31.7 Å². The van der Waals surface area contributed by atoms with Gasteiger partial charge in [-0.05, 0) is 49.1 Å². The molecule has 9 nitrogen and oxygen atoms in total. The number of nitrogens with one attached hydrogen (secondary N) is 2. The molecule has 36 heavy (non-hydrogen) atoms. The standard InChI is InChI=1S/C27H30N8O/c1-2-14-34-24-22(30-27(34)35-15-6-12-29-35)23(31-25(36)21-17-19-9-10-20(21)16-19)32-26(33-24)28-13-11-18-7-4-3-5-8-18/h3-10,12,15,19-21H,2,11,13-14,16-17H2,1H3,(H2,28,31,32,33,36). The molecule has 0 aliphatic heterocycles. The molecule has 3 unspecified atom stereocenters. The van der Waals surface area contributed by atoms with Crippen molar-refractivity contribution in [2.45, 2.75) is 39.2 Å². The van der Waals surface area contributed by atoms with Gasteiger partial charge in [-0.3, -0.25) is 9.36 Å². The molecule has 1 aromatic carbocycles. The molecule has 9 heteroatoms. The highest BCUT2D eigenvalue weighted by atomic mass is 16.2. The lowest BCUT2D eigenvalue weighted by Gasteiger charge is -2.17. The van der Waals surface area contributed by atoms with Gasteiger partial charge in [-0.2, -0.15) is 15.1 Å². The number of carbonyl (C=O) groups is 1. The van der Waals surface area contributed by atoms with Crippen LogP contribution in [0.4, 0.5) is 11.8 Å². The van der Waals surface area contributed by atoms with Crippen molar-refractivity contribution in [3.63, 3.8) is 0 Å². The molecule has 3 aromatic heterocycles. The van der Waals surface area contributed by atoms with E-state index in [1.807, 2.05) is 35.0 Å². The normalized spacial score (nSPS) is 20.3. The summed E-state index contributed by atoms with van der Waals surface area (Å²) in [6.45, 7) is 3.51. The monoisotopic (exact) mass is 482 g/mol. The zero-order chi connectivity index (χ0) is 24.5. The smallest absolute Gasteiger partial charge is 0.233 e. The summed E-state index contributed by atoms with van der Waals surface area (Å²) in [6, 6.07) is 12.2. The molecule has 0 saturated heterocycles. The highest BCUT2D eigenvalue weighted by Crippen LogP contribution is 2.44. The van der Waals surface area contributed by atoms with Crippen molar-refractivity contribution in [1.82, 2.24) is 29.3 Å². The Morgan fingerprint density at radius 3 is 2.69 bits per heavy atom. The topological polar surface area (TPSA) is 103 Å². The maximum atomic E-state index is 13.3. The van der Waals surface area contributed by atoms with E-state index >= 15 is 0 Å². The Balaban J connectivity index is 1.35. The predicted octanol–water partition coefficient (Wildman–Crippen LogP) is 4.23. The molecule has 0 radical (unpaired) electrons. The quantitative estimate of drug-likeness (QED) is 0.346. The third kappa shape index (κ3) is 4.25. The molecule has 0 spiro atoms. The van der Waals surface area contributed by atoms with Gasteiger partial charge >= 0.3 is 0 Å². The van der Waals surface area contributed by atoms with E-state index in [1.54, 1.807) is 10.9 Å². The first-order valence-corrected chi connectivity index (χ1v) is 12.7. The summed E-state index contributed by atoms with van der Waals surface area (Å²) in [6.07, 6.45) is 11.7. The Morgan fingerprint density at radius 2 is 1.97 bits per heavy atom. The molecule has 1 saturated carbocycles. The van der Waals surface area contributed by atoms with Gasteiger partial charge in [-0.1, -0.05) is 49.4 Å². The second kappa shape index (κ2) is 9.56. The van der Waals surface area contributed by atoms with Crippen LogP contribution in [-0.4, -0.2) is 41.8 Å². The van der Waals surface area contributed by atoms with E-state index in [9.17, 15) is 4.79 Å². The van der Waals surface area contributed by atoms with Gasteiger partial charge < -0.3 is 10.6 Å². The number of carbonyl (C=O) groups excluding carboxylic acids is 1. The summed E-state index contributed by atoms with van der Waals surface area (Å²) in [5, 5.41) is 10.9. The van der Waals surface area contributed by atoms with E-state index in [0.717, 1.165) is 32.2 Å². The van der Waals surface area contributed by atoms with E-state index in [1.165, 1.54) is 5.56 Å². The van der Waals surface area contributed by atoms with Crippen molar-refractivity contribution in [1.29, 1.82) is 0 Å². The SMILES string of the molecule is CCCn1c(-n2cccn2)nc2c(NC(=O)C3CC4C=CC3C4)nc(NCCc3ccccc3)nc21. The lowest BCUT2D eigenvalue weighted by Crippen LogP contribution is -2.26. The van der Waals surface area contributed by atoms with Crippen molar-refractivity contribution in [2.24, 2.45) is 17.8 Å². The number of benzene rings is 1. The number of imidazole rings is 1. The van der Waals surface area contributed by atoms with Crippen LogP contribution in [-0.2, 0) is 17.8 Å². The van der Waals surface area contributed by atoms with Crippen LogP contribution in [0.25, 0.3) is 17.1 Å². The van der Waals surface area contributed by atoms with Crippen LogP contribution >= 0.6 is 0 Å². The van der Waals surface area contributed by atoms with Gasteiger partial charge in [0.2, 0.25) is 17.8 Å². The number of hydrogen-bond acceptors (Lipinski definition) is 6. The number of hydrogen-bond donors (Lipinski definition) is 2. The number of anilines is 2. The third-order valence-corrected chi connectivity index (χ3v) is 7.13. The van der Waals surface area contributed by atoms with E-state index < -0.39 is 0 Å². The molecule has 2 bridgehead atoms. The van der Waals surface area contributed by atoms with Crippen LogP contribution in [0.15, 0.2) is 60.9 Å². The van der Waals surface area contributed by atoms with E-state index in [-0.39, 0.29) is 11.8 Å². The Labute approximate surface area is 209 Å². The minimum absolute atomic E-state index is 0.00719. The number of allylic oxidation sites excluding steroid dienone is 2. The first kappa shape index (κ1) is 22.5. The molecule has 1 amide bonds. The molecular weight excluding hydrogens is 452 g/mol. The summed E-state index contributed by atoms with van der Waals surface area (Å²) >= 11 is 0. The minimum Gasteiger partial charge on any atom is -0.354 e. The van der Waals surface area contributed by atoms with Gasteiger partial charge in [0.1, 0.15) is 0 Å². The van der Waals surface area contributed by atoms with Gasteiger partial charge in [0.25, 0.3) is 0 Å². The molecule has 3 heterocycles. The maximum absolute atomic E-state index is 13.3. The molecule has 6 rings (SSSR count). The van der Waals surface area contributed by atoms with Crippen molar-refractivity contribution in [3.8, 4) is 5.95 Å². The molecular formula is C27H30N8O. The fraction of sp³-hybridized carbons (Fsp3) is 0.370. The largest absolute Gasteiger partial charge is 0.354 e. The average molecular weight is 483 g/mol. The van der Waals surface area contributed by atoms with Gasteiger partial charge in [0.15, 0.2) is 17.0 Å². The number of fused-ring (bicyclic) bond motifs is 3. The Hall–Kier alpha value is -4.01. The van der Waals surface area contributed by atoms with Gasteiger partial charge in [0, 0.05) is 31.4 Å². The van der Waals surface area contributed by atoms with Crippen molar-refractivity contribution < 1.29 is 4.79 Å². The number of aromatic nitrogens is 6. The summed E-state index contributed by atoms with van der Waals surface area (Å²) < 4.78 is 3.77. The second-order valence-electron chi connectivity index (χ2n) is 9.62. The Kier molecular flexibility index (Phi) is 5.96. The first-order valence-electron chi connectivity index (χ1n) is 12.7. The fourth-order valence-corrected chi connectivity index (χ4v) is 5.40. The lowest BCUT2D eigenvalue weighted by atomic mass is 9.93. The van der Waals surface area contributed by atoms with E-state index in [0.29, 0.717) is 47.3 Å². The van der Waals surface area contributed by atoms with E-state index in [2.05, 4.69) is 46.9 Å². The van der Waals surface area contributed by atoms with Crippen molar-refractivity contribution >= 4 is 28.8 Å². The number of nitrogens with zero attached hydrogens (tertiary/aromatic N) is 6. The molecule has 2 N–H and O–H groups in total. The fourth-order valence-electron chi connectivity index (χ4n) is 5.40. The van der Waals surface area contributed by atoms with Gasteiger partial charge in [-0.15, -0.1) is 0 Å². The molecule has 1 fully saturated rings. The molecule has 184 valence electrons. The summed E-state index contributed by atoms with van der Waals surface area (Å²) in [5.41, 5.74) is 2.50. The molecule has 4 aromatic rings. The summed E-state index contributed by atoms with van der Waals surface area (Å²) in [7, 11) is 0. The molecule has 3 atom stereocenters. The van der Waals surface area contributed by atoms with Crippen LogP contribution in [0.2, 0.25) is 0 Å². The van der Waals surface area contributed by atoms with Crippen LogP contribution in [0.5, 0.6) is 0 Å². The Morgan fingerprint density at radius 1 is 1.08 bits per heavy atom. The predicted molar refractivity (Wildman–Crippen MR) is 139 cm³/mol. The van der Waals surface area contributed by atoms with E-state index in [4.69, 9.17) is 15.0 Å². The molecule has 2 aliphatic rings. The van der Waals surface area contributed by atoms with Crippen molar-refractivity contribution in [3.05, 3.63) is 66.5 Å². The average Bonchev–Trinajstić information content (AvgIpc) is 3.70. The first-order chi connectivity index (χ1) is 17.7. The third-order valence-electron chi connectivity index (χ3n) is 7.13. The molecule has 2 aliphatic carbocycles. The maximum Gasteiger partial charge on any atom is 0.233 e. The van der Waals surface area contributed by atoms with Gasteiger partial charge in [-0.25, -0.2) is 9.67 Å². The Bertz CT molecular complexity index is 1390. The summed E-state index contributed by atoms with van der Waals surface area (Å²) in [4.78, 5) is 27.7. The van der Waals surface area contributed by atoms with Gasteiger partial charge in [0.05, 0.1) is 0 Å².